The van der Waals surface area contributed by atoms with Crippen molar-refractivity contribution >= 4 is 17.2 Å². The monoisotopic (exact) mass is 347 g/mol. The van der Waals surface area contributed by atoms with Crippen LogP contribution in [0.4, 0.5) is 0 Å². The second-order valence-corrected chi connectivity index (χ2v) is 9.21. The number of aromatic nitrogens is 1. The third-order valence-electron chi connectivity index (χ3n) is 6.48. The van der Waals surface area contributed by atoms with Gasteiger partial charge in [-0.3, -0.25) is 4.79 Å². The number of nitrogens with two attached hydrogens (primary N) is 1. The first kappa shape index (κ1) is 16.5. The molecule has 1 aromatic heterocycles. The van der Waals surface area contributed by atoms with Gasteiger partial charge in [0.05, 0.1) is 16.6 Å². The Hall–Kier alpha value is -0.940. The van der Waals surface area contributed by atoms with Gasteiger partial charge in [-0.2, -0.15) is 0 Å². The molecule has 1 amide bonds. The third kappa shape index (κ3) is 2.80. The van der Waals surface area contributed by atoms with Gasteiger partial charge in [0.15, 0.2) is 0 Å². The molecule has 2 N–H and O–H groups in total. The summed E-state index contributed by atoms with van der Waals surface area (Å²) in [6.07, 6.45) is 5.85. The molecule has 2 heterocycles. The normalized spacial score (nSPS) is 35.8. The summed E-state index contributed by atoms with van der Waals surface area (Å²) in [4.78, 5) is 20.1. The van der Waals surface area contributed by atoms with Crippen molar-refractivity contribution in [3.8, 4) is 0 Å². The predicted octanol–water partition coefficient (Wildman–Crippen LogP) is 3.35. The molecule has 3 aliphatic rings. The maximum atomic E-state index is 13.1. The minimum Gasteiger partial charge on any atom is -0.342 e. The van der Waals surface area contributed by atoms with Crippen LogP contribution in [0.1, 0.15) is 68.5 Å². The number of carbonyl (C=O) groups is 1. The summed E-state index contributed by atoms with van der Waals surface area (Å²) in [7, 11) is 0. The van der Waals surface area contributed by atoms with E-state index in [0.717, 1.165) is 25.9 Å². The Morgan fingerprint density at radius 3 is 2.79 bits per heavy atom. The zero-order chi connectivity index (χ0) is 16.8. The summed E-state index contributed by atoms with van der Waals surface area (Å²) >= 11 is 1.77. The Bertz CT molecular complexity index is 612. The number of thiazole rings is 1. The van der Waals surface area contributed by atoms with Crippen molar-refractivity contribution in [2.75, 3.05) is 13.1 Å². The van der Waals surface area contributed by atoms with E-state index in [2.05, 4.69) is 24.1 Å². The van der Waals surface area contributed by atoms with E-state index in [4.69, 9.17) is 10.7 Å². The molecule has 1 aromatic rings. The lowest BCUT2D eigenvalue weighted by molar-refractivity contribution is -0.139. The Labute approximate surface area is 148 Å². The van der Waals surface area contributed by atoms with Crippen molar-refractivity contribution in [1.82, 2.24) is 9.88 Å². The molecule has 1 aliphatic heterocycles. The molecule has 0 radical (unpaired) electrons. The van der Waals surface area contributed by atoms with Gasteiger partial charge < -0.3 is 10.6 Å². The molecule has 2 aliphatic carbocycles. The van der Waals surface area contributed by atoms with E-state index in [-0.39, 0.29) is 12.0 Å². The molecular formula is C19H29N3OS. The van der Waals surface area contributed by atoms with E-state index in [0.29, 0.717) is 29.6 Å². The van der Waals surface area contributed by atoms with Crippen molar-refractivity contribution in [3.63, 3.8) is 0 Å². The molecule has 1 saturated heterocycles. The first-order valence-corrected chi connectivity index (χ1v) is 10.4. The molecule has 4 rings (SSSR count). The Kier molecular flexibility index (Phi) is 4.42. The number of hydrogen-bond acceptors (Lipinski definition) is 4. The fraction of sp³-hybridized carbons (Fsp3) is 0.789. The molecule has 5 unspecified atom stereocenters. The van der Waals surface area contributed by atoms with E-state index in [1.165, 1.54) is 30.0 Å². The SMILES string of the molecule is CC(C)c1csc(C2CCCN(C(=O)C3C4CCC(C4)C3N)C2)n1. The average Bonchev–Trinajstić information content (AvgIpc) is 3.30. The van der Waals surface area contributed by atoms with Crippen LogP contribution in [0.5, 0.6) is 0 Å². The number of amides is 1. The van der Waals surface area contributed by atoms with Crippen molar-refractivity contribution in [2.24, 2.45) is 23.5 Å². The smallest absolute Gasteiger partial charge is 0.227 e. The van der Waals surface area contributed by atoms with Gasteiger partial charge in [-0.05, 0) is 49.9 Å². The van der Waals surface area contributed by atoms with Gasteiger partial charge in [-0.1, -0.05) is 13.8 Å². The molecule has 2 bridgehead atoms. The van der Waals surface area contributed by atoms with Crippen LogP contribution in [0.3, 0.4) is 0 Å². The predicted molar refractivity (Wildman–Crippen MR) is 97.1 cm³/mol. The molecule has 5 heteroatoms. The largest absolute Gasteiger partial charge is 0.342 e. The highest BCUT2D eigenvalue weighted by Gasteiger charge is 2.50. The summed E-state index contributed by atoms with van der Waals surface area (Å²) in [5.41, 5.74) is 7.58. The highest BCUT2D eigenvalue weighted by Crippen LogP contribution is 2.48. The highest BCUT2D eigenvalue weighted by atomic mass is 32.1. The highest BCUT2D eigenvalue weighted by molar-refractivity contribution is 7.09. The van der Waals surface area contributed by atoms with Crippen molar-refractivity contribution in [2.45, 2.75) is 63.8 Å². The van der Waals surface area contributed by atoms with Gasteiger partial charge in [-0.25, -0.2) is 4.98 Å². The number of hydrogen-bond donors (Lipinski definition) is 1. The van der Waals surface area contributed by atoms with Crippen LogP contribution in [0.15, 0.2) is 5.38 Å². The maximum Gasteiger partial charge on any atom is 0.227 e. The molecule has 3 fully saturated rings. The fourth-order valence-corrected chi connectivity index (χ4v) is 6.15. The molecule has 0 spiro atoms. The first-order valence-electron chi connectivity index (χ1n) is 9.54. The molecule has 132 valence electrons. The molecular weight excluding hydrogens is 318 g/mol. The van der Waals surface area contributed by atoms with Crippen molar-refractivity contribution in [3.05, 3.63) is 16.1 Å². The Balaban J connectivity index is 1.45. The minimum atomic E-state index is 0.0880. The van der Waals surface area contributed by atoms with Crippen LogP contribution in [-0.4, -0.2) is 34.9 Å². The van der Waals surface area contributed by atoms with Crippen LogP contribution in [0.25, 0.3) is 0 Å². The summed E-state index contributed by atoms with van der Waals surface area (Å²) in [5, 5.41) is 3.40. The quantitative estimate of drug-likeness (QED) is 0.912. The van der Waals surface area contributed by atoms with Gasteiger partial charge in [0.1, 0.15) is 0 Å². The van der Waals surface area contributed by atoms with Gasteiger partial charge in [0.2, 0.25) is 5.91 Å². The van der Waals surface area contributed by atoms with Crippen LogP contribution in [0, 0.1) is 17.8 Å². The third-order valence-corrected chi connectivity index (χ3v) is 7.50. The molecule has 4 nitrogen and oxygen atoms in total. The summed E-state index contributed by atoms with van der Waals surface area (Å²) in [5.74, 6) is 2.45. The summed E-state index contributed by atoms with van der Waals surface area (Å²) < 4.78 is 0. The second kappa shape index (κ2) is 6.41. The standard InChI is InChI=1S/C19H29N3OS/c1-11(2)15-10-24-18(21-15)14-4-3-7-22(9-14)19(23)16-12-5-6-13(8-12)17(16)20/h10-14,16-17H,3-9,20H2,1-2H3. The van der Waals surface area contributed by atoms with Crippen molar-refractivity contribution < 1.29 is 4.79 Å². The number of nitrogens with zero attached hydrogens (tertiary/aromatic N) is 2. The molecule has 5 atom stereocenters. The zero-order valence-electron chi connectivity index (χ0n) is 14.8. The lowest BCUT2D eigenvalue weighted by atomic mass is 9.83. The topological polar surface area (TPSA) is 59.2 Å². The van der Waals surface area contributed by atoms with Gasteiger partial charge in [0.25, 0.3) is 0 Å². The van der Waals surface area contributed by atoms with Gasteiger partial charge >= 0.3 is 0 Å². The zero-order valence-corrected chi connectivity index (χ0v) is 15.6. The van der Waals surface area contributed by atoms with E-state index >= 15 is 0 Å². The number of carbonyl (C=O) groups excluding carboxylic acids is 1. The number of rotatable bonds is 3. The van der Waals surface area contributed by atoms with E-state index in [1.807, 2.05) is 0 Å². The minimum absolute atomic E-state index is 0.0880. The number of likely N-dealkylation sites (tertiary alicyclic amines) is 1. The lowest BCUT2D eigenvalue weighted by Gasteiger charge is -2.37. The maximum absolute atomic E-state index is 13.1. The first-order chi connectivity index (χ1) is 11.5. The Morgan fingerprint density at radius 2 is 2.12 bits per heavy atom. The van der Waals surface area contributed by atoms with E-state index < -0.39 is 0 Å². The van der Waals surface area contributed by atoms with Crippen molar-refractivity contribution in [1.29, 1.82) is 0 Å². The average molecular weight is 348 g/mol. The van der Waals surface area contributed by atoms with Gasteiger partial charge in [-0.15, -0.1) is 11.3 Å². The number of piperidine rings is 1. The fourth-order valence-electron chi connectivity index (χ4n) is 5.05. The van der Waals surface area contributed by atoms with Crippen LogP contribution in [0.2, 0.25) is 0 Å². The molecule has 24 heavy (non-hydrogen) atoms. The van der Waals surface area contributed by atoms with Crippen LogP contribution < -0.4 is 5.73 Å². The van der Waals surface area contributed by atoms with Crippen LogP contribution in [-0.2, 0) is 4.79 Å². The summed E-state index contributed by atoms with van der Waals surface area (Å²) in [6, 6.07) is 0.101. The Morgan fingerprint density at radius 1 is 1.33 bits per heavy atom. The van der Waals surface area contributed by atoms with Crippen LogP contribution >= 0.6 is 11.3 Å². The second-order valence-electron chi connectivity index (χ2n) is 8.33. The molecule has 2 saturated carbocycles. The number of fused-ring (bicyclic) bond motifs is 2. The molecule has 0 aromatic carbocycles. The lowest BCUT2D eigenvalue weighted by Crippen LogP contribution is -2.49. The van der Waals surface area contributed by atoms with E-state index in [9.17, 15) is 4.79 Å². The van der Waals surface area contributed by atoms with E-state index in [1.54, 1.807) is 11.3 Å². The van der Waals surface area contributed by atoms with Gasteiger partial charge in [0, 0.05) is 30.4 Å². The summed E-state index contributed by atoms with van der Waals surface area (Å²) in [6.45, 7) is 6.11.